The number of aromatic nitrogens is 1. The summed E-state index contributed by atoms with van der Waals surface area (Å²) in [5, 5.41) is 3.94. The fourth-order valence-corrected chi connectivity index (χ4v) is 6.11. The van der Waals surface area contributed by atoms with Gasteiger partial charge in [-0.05, 0) is 38.8 Å². The van der Waals surface area contributed by atoms with Crippen molar-refractivity contribution in [2.45, 2.75) is 36.9 Å². The quantitative estimate of drug-likeness (QED) is 0.852. The van der Waals surface area contributed by atoms with E-state index >= 15 is 0 Å². The number of hydrogen-bond donors (Lipinski definition) is 0. The standard InChI is InChI=1S/C13H15ClN2O3S2/c1-8-13(9(2)19-15-8)10-4-3-7-16(10)21(17,18)12-6-5-11(14)20-12/h5-6,10H,3-4,7H2,1-2H3/t10-/m0/s1. The maximum absolute atomic E-state index is 12.8. The molecule has 0 aromatic carbocycles. The lowest BCUT2D eigenvalue weighted by Crippen LogP contribution is -2.30. The number of rotatable bonds is 3. The molecule has 0 radical (unpaired) electrons. The SMILES string of the molecule is Cc1noc(C)c1[C@@H]1CCCN1S(=O)(=O)c1ccc(Cl)s1. The summed E-state index contributed by atoms with van der Waals surface area (Å²) < 4.78 is 33.1. The van der Waals surface area contributed by atoms with E-state index in [1.54, 1.807) is 16.4 Å². The van der Waals surface area contributed by atoms with Crippen LogP contribution in [0.5, 0.6) is 0 Å². The van der Waals surface area contributed by atoms with E-state index in [1.807, 2.05) is 13.8 Å². The van der Waals surface area contributed by atoms with Gasteiger partial charge < -0.3 is 4.52 Å². The topological polar surface area (TPSA) is 63.4 Å². The van der Waals surface area contributed by atoms with Gasteiger partial charge in [-0.25, -0.2) is 8.42 Å². The van der Waals surface area contributed by atoms with Crippen LogP contribution in [0.3, 0.4) is 0 Å². The van der Waals surface area contributed by atoms with E-state index in [9.17, 15) is 8.42 Å². The molecular formula is C13H15ClN2O3S2. The number of hydrogen-bond acceptors (Lipinski definition) is 5. The van der Waals surface area contributed by atoms with Gasteiger partial charge in [0.05, 0.1) is 16.1 Å². The molecular weight excluding hydrogens is 332 g/mol. The van der Waals surface area contributed by atoms with E-state index < -0.39 is 10.0 Å². The second-order valence-electron chi connectivity index (χ2n) is 5.07. The van der Waals surface area contributed by atoms with Crippen LogP contribution in [0.1, 0.15) is 35.9 Å². The summed E-state index contributed by atoms with van der Waals surface area (Å²) in [5.74, 6) is 0.684. The maximum Gasteiger partial charge on any atom is 0.253 e. The maximum atomic E-state index is 12.8. The van der Waals surface area contributed by atoms with Crippen LogP contribution in [0, 0.1) is 13.8 Å². The van der Waals surface area contributed by atoms with Crippen molar-refractivity contribution in [2.75, 3.05) is 6.54 Å². The molecule has 3 heterocycles. The summed E-state index contributed by atoms with van der Waals surface area (Å²) in [6.45, 7) is 4.17. The summed E-state index contributed by atoms with van der Waals surface area (Å²) in [6.07, 6.45) is 1.61. The molecule has 21 heavy (non-hydrogen) atoms. The highest BCUT2D eigenvalue weighted by molar-refractivity contribution is 7.91. The predicted octanol–water partition coefficient (Wildman–Crippen LogP) is 3.53. The van der Waals surface area contributed by atoms with Crippen molar-refractivity contribution in [3.63, 3.8) is 0 Å². The van der Waals surface area contributed by atoms with Gasteiger partial charge in [0, 0.05) is 12.1 Å². The van der Waals surface area contributed by atoms with Crippen molar-refractivity contribution in [2.24, 2.45) is 0 Å². The zero-order valence-corrected chi connectivity index (χ0v) is 14.1. The molecule has 0 aliphatic carbocycles. The molecule has 8 heteroatoms. The zero-order chi connectivity index (χ0) is 15.2. The van der Waals surface area contributed by atoms with Crippen molar-refractivity contribution < 1.29 is 12.9 Å². The van der Waals surface area contributed by atoms with Crippen LogP contribution >= 0.6 is 22.9 Å². The highest BCUT2D eigenvalue weighted by atomic mass is 35.5. The average molecular weight is 347 g/mol. The third-order valence-corrected chi connectivity index (χ3v) is 7.34. The van der Waals surface area contributed by atoms with Gasteiger partial charge in [-0.2, -0.15) is 4.31 Å². The Morgan fingerprint density at radius 2 is 2.19 bits per heavy atom. The third-order valence-electron chi connectivity index (χ3n) is 3.74. The molecule has 0 unspecified atom stereocenters. The van der Waals surface area contributed by atoms with Crippen molar-refractivity contribution in [3.05, 3.63) is 33.5 Å². The Balaban J connectivity index is 2.02. The Bertz CT molecular complexity index is 747. The lowest BCUT2D eigenvalue weighted by molar-refractivity contribution is 0.376. The normalized spacial score (nSPS) is 20.2. The number of nitrogens with zero attached hydrogens (tertiary/aromatic N) is 2. The van der Waals surface area contributed by atoms with E-state index in [0.29, 0.717) is 16.6 Å². The van der Waals surface area contributed by atoms with Gasteiger partial charge in [-0.1, -0.05) is 16.8 Å². The molecule has 5 nitrogen and oxygen atoms in total. The summed E-state index contributed by atoms with van der Waals surface area (Å²) in [4.78, 5) is 0. The van der Waals surface area contributed by atoms with Crippen molar-refractivity contribution in [1.82, 2.24) is 9.46 Å². The van der Waals surface area contributed by atoms with Crippen molar-refractivity contribution in [3.8, 4) is 0 Å². The van der Waals surface area contributed by atoms with Gasteiger partial charge in [0.2, 0.25) is 0 Å². The third kappa shape index (κ3) is 2.52. The second kappa shape index (κ2) is 5.39. The van der Waals surface area contributed by atoms with Crippen molar-refractivity contribution >= 4 is 33.0 Å². The van der Waals surface area contributed by atoms with Crippen LogP contribution in [0.15, 0.2) is 20.9 Å². The molecule has 1 saturated heterocycles. The molecule has 1 aliphatic heterocycles. The molecule has 0 saturated carbocycles. The number of aryl methyl sites for hydroxylation is 2. The molecule has 114 valence electrons. The lowest BCUT2D eigenvalue weighted by Gasteiger charge is -2.23. The van der Waals surface area contributed by atoms with Gasteiger partial charge in [0.25, 0.3) is 10.0 Å². The van der Waals surface area contributed by atoms with Crippen LogP contribution in [0.4, 0.5) is 0 Å². The second-order valence-corrected chi connectivity index (χ2v) is 8.90. The molecule has 1 fully saturated rings. The summed E-state index contributed by atoms with van der Waals surface area (Å²) >= 11 is 6.96. The fourth-order valence-electron chi connectivity index (χ4n) is 2.83. The van der Waals surface area contributed by atoms with Gasteiger partial charge in [-0.15, -0.1) is 11.3 Å². The first-order valence-electron chi connectivity index (χ1n) is 6.61. The van der Waals surface area contributed by atoms with Gasteiger partial charge >= 0.3 is 0 Å². The Hall–Kier alpha value is -0.890. The number of thiophene rings is 1. The minimum absolute atomic E-state index is 0.206. The number of sulfonamides is 1. The minimum atomic E-state index is -3.53. The van der Waals surface area contributed by atoms with Crippen molar-refractivity contribution in [1.29, 1.82) is 0 Å². The van der Waals surface area contributed by atoms with Crippen LogP contribution in [0.2, 0.25) is 4.34 Å². The van der Waals surface area contributed by atoms with E-state index in [0.717, 1.165) is 35.4 Å². The largest absolute Gasteiger partial charge is 0.361 e. The first-order valence-corrected chi connectivity index (χ1v) is 9.24. The predicted molar refractivity (Wildman–Crippen MR) is 81.2 cm³/mol. The summed E-state index contributed by atoms with van der Waals surface area (Å²) in [6, 6.07) is 2.97. The molecule has 0 N–H and O–H groups in total. The van der Waals surface area contributed by atoms with E-state index in [1.165, 1.54) is 0 Å². The molecule has 0 amide bonds. The fraction of sp³-hybridized carbons (Fsp3) is 0.462. The smallest absolute Gasteiger partial charge is 0.253 e. The van der Waals surface area contributed by atoms with E-state index in [4.69, 9.17) is 16.1 Å². The van der Waals surface area contributed by atoms with Crippen LogP contribution in [-0.4, -0.2) is 24.4 Å². The minimum Gasteiger partial charge on any atom is -0.361 e. The van der Waals surface area contributed by atoms with Gasteiger partial charge in [0.15, 0.2) is 0 Å². The molecule has 0 bridgehead atoms. The molecule has 1 atom stereocenters. The molecule has 0 spiro atoms. The molecule has 2 aromatic heterocycles. The zero-order valence-electron chi connectivity index (χ0n) is 11.7. The molecule has 3 rings (SSSR count). The average Bonchev–Trinajstić information content (AvgIpc) is 3.11. The van der Waals surface area contributed by atoms with Crippen LogP contribution in [0.25, 0.3) is 0 Å². The highest BCUT2D eigenvalue weighted by Gasteiger charge is 2.39. The number of halogens is 1. The Morgan fingerprint density at radius 1 is 1.43 bits per heavy atom. The van der Waals surface area contributed by atoms with Crippen LogP contribution < -0.4 is 0 Å². The Kier molecular flexibility index (Phi) is 3.85. The first kappa shape index (κ1) is 15.0. The van der Waals surface area contributed by atoms with Gasteiger partial charge in [-0.3, -0.25) is 0 Å². The first-order chi connectivity index (χ1) is 9.91. The lowest BCUT2D eigenvalue weighted by atomic mass is 10.0. The molecule has 1 aliphatic rings. The summed E-state index contributed by atoms with van der Waals surface area (Å²) in [7, 11) is -3.53. The summed E-state index contributed by atoms with van der Waals surface area (Å²) in [5.41, 5.74) is 1.64. The van der Waals surface area contributed by atoms with Gasteiger partial charge in [0.1, 0.15) is 9.97 Å². The van der Waals surface area contributed by atoms with Crippen LogP contribution in [-0.2, 0) is 10.0 Å². The van der Waals surface area contributed by atoms with E-state index in [-0.39, 0.29) is 10.3 Å². The Labute approximate surface area is 132 Å². The Morgan fingerprint density at radius 3 is 2.76 bits per heavy atom. The monoisotopic (exact) mass is 346 g/mol. The van der Waals surface area contributed by atoms with E-state index in [2.05, 4.69) is 5.16 Å². The highest BCUT2D eigenvalue weighted by Crippen LogP contribution is 2.40. The molecule has 2 aromatic rings.